The summed E-state index contributed by atoms with van der Waals surface area (Å²) in [5.74, 6) is 0.811. The fourth-order valence-corrected chi connectivity index (χ4v) is 4.79. The molecule has 6 heteroatoms. The molecule has 4 rings (SSSR count). The molecule has 1 aliphatic carbocycles. The number of aryl methyl sites for hydroxylation is 2. The van der Waals surface area contributed by atoms with Crippen LogP contribution in [0.15, 0.2) is 35.1 Å². The van der Waals surface area contributed by atoms with E-state index in [2.05, 4.69) is 39.6 Å². The maximum Gasteiger partial charge on any atom is 0.345 e. The molecule has 0 bridgehead atoms. The number of nitrogens with one attached hydrogen (secondary N) is 2. The quantitative estimate of drug-likeness (QED) is 0.802. The van der Waals surface area contributed by atoms with Gasteiger partial charge in [0.15, 0.2) is 0 Å². The molecule has 1 saturated carbocycles. The number of amides is 1. The maximum atomic E-state index is 12.7. The van der Waals surface area contributed by atoms with Crippen LogP contribution in [-0.4, -0.2) is 34.6 Å². The van der Waals surface area contributed by atoms with Gasteiger partial charge in [0.05, 0.1) is 6.10 Å². The minimum atomic E-state index is -0.339. The summed E-state index contributed by atoms with van der Waals surface area (Å²) in [6.07, 6.45) is 3.17. The Bertz CT molecular complexity index is 883. The summed E-state index contributed by atoms with van der Waals surface area (Å²) < 4.78 is 5.93. The van der Waals surface area contributed by atoms with Crippen molar-refractivity contribution in [2.45, 2.75) is 51.7 Å². The summed E-state index contributed by atoms with van der Waals surface area (Å²) in [4.78, 5) is 30.7. The molecule has 1 aliphatic heterocycles. The van der Waals surface area contributed by atoms with Gasteiger partial charge < -0.3 is 15.0 Å². The summed E-state index contributed by atoms with van der Waals surface area (Å²) in [7, 11) is 0. The lowest BCUT2D eigenvalue weighted by Gasteiger charge is -2.48. The van der Waals surface area contributed by atoms with Crippen molar-refractivity contribution in [3.05, 3.63) is 63.3 Å². The van der Waals surface area contributed by atoms with E-state index in [1.807, 2.05) is 19.9 Å². The van der Waals surface area contributed by atoms with Crippen molar-refractivity contribution >= 4 is 5.91 Å². The van der Waals surface area contributed by atoms with Crippen LogP contribution in [0.3, 0.4) is 0 Å². The second-order valence-corrected chi connectivity index (χ2v) is 7.97. The topological polar surface area (TPSA) is 84.1 Å². The molecule has 2 N–H and O–H groups in total. The van der Waals surface area contributed by atoms with E-state index >= 15 is 0 Å². The number of hydrogen-bond donors (Lipinski definition) is 2. The van der Waals surface area contributed by atoms with Crippen molar-refractivity contribution in [1.29, 1.82) is 0 Å². The highest BCUT2D eigenvalue weighted by Crippen LogP contribution is 2.45. The van der Waals surface area contributed by atoms with Gasteiger partial charge in [-0.2, -0.15) is 4.98 Å². The van der Waals surface area contributed by atoms with E-state index in [9.17, 15) is 9.59 Å². The van der Waals surface area contributed by atoms with Crippen LogP contribution in [-0.2, 0) is 22.4 Å². The number of H-pyrrole nitrogens is 1. The number of nitrogens with zero attached hydrogens (tertiary/aromatic N) is 1. The molecule has 4 atom stereocenters. The Morgan fingerprint density at radius 3 is 2.82 bits per heavy atom. The van der Waals surface area contributed by atoms with Crippen molar-refractivity contribution < 1.29 is 9.53 Å². The number of hydrogen-bond acceptors (Lipinski definition) is 4. The van der Waals surface area contributed by atoms with Crippen molar-refractivity contribution in [1.82, 2.24) is 15.3 Å². The zero-order chi connectivity index (χ0) is 19.7. The van der Waals surface area contributed by atoms with Gasteiger partial charge in [-0.25, -0.2) is 4.79 Å². The predicted octanol–water partition coefficient (Wildman–Crippen LogP) is 2.08. The van der Waals surface area contributed by atoms with Gasteiger partial charge >= 0.3 is 5.69 Å². The minimum Gasteiger partial charge on any atom is -0.377 e. The number of aromatic nitrogens is 2. The normalized spacial score (nSPS) is 25.8. The number of carbonyl (C=O) groups excluding carboxylic acids is 1. The highest BCUT2D eigenvalue weighted by Gasteiger charge is 2.53. The number of carbonyl (C=O) groups is 1. The van der Waals surface area contributed by atoms with Crippen LogP contribution in [0.2, 0.25) is 0 Å². The Morgan fingerprint density at radius 2 is 2.07 bits per heavy atom. The second-order valence-electron chi connectivity index (χ2n) is 7.97. The maximum absolute atomic E-state index is 12.7. The Balaban J connectivity index is 1.38. The summed E-state index contributed by atoms with van der Waals surface area (Å²) in [6, 6.07) is 10.6. The molecule has 1 aromatic heterocycles. The Morgan fingerprint density at radius 1 is 1.29 bits per heavy atom. The minimum absolute atomic E-state index is 0.0541. The van der Waals surface area contributed by atoms with Gasteiger partial charge in [0.1, 0.15) is 0 Å². The molecule has 0 spiro atoms. The van der Waals surface area contributed by atoms with E-state index in [1.54, 1.807) is 0 Å². The number of fused-ring (bicyclic) bond motifs is 1. The molecule has 1 amide bonds. The van der Waals surface area contributed by atoms with E-state index in [0.717, 1.165) is 30.7 Å². The summed E-state index contributed by atoms with van der Waals surface area (Å²) >= 11 is 0. The standard InChI is InChI=1S/C22H27N3O3/c1-13-16(14(2)24-22(27)23-13)8-9-19(26)25-20-17-10-11-28-21(17)18(20)12-15-6-4-3-5-7-15/h3-7,17-18,20-21H,8-12H2,1-2H3,(H,25,26)(H,23,24,27). The largest absolute Gasteiger partial charge is 0.377 e. The first-order chi connectivity index (χ1) is 13.5. The second kappa shape index (κ2) is 7.87. The van der Waals surface area contributed by atoms with Gasteiger partial charge in [0.25, 0.3) is 0 Å². The first kappa shape index (κ1) is 18.9. The SMILES string of the molecule is Cc1nc(=O)[nH]c(C)c1CCC(=O)NC1C2CCOC2C1Cc1ccccc1. The highest BCUT2D eigenvalue weighted by atomic mass is 16.5. The first-order valence-corrected chi connectivity index (χ1v) is 10.0. The van der Waals surface area contributed by atoms with Crippen LogP contribution in [0.4, 0.5) is 0 Å². The van der Waals surface area contributed by atoms with E-state index < -0.39 is 0 Å². The third-order valence-electron chi connectivity index (χ3n) is 6.23. The van der Waals surface area contributed by atoms with E-state index in [0.29, 0.717) is 30.4 Å². The molecule has 2 fully saturated rings. The molecule has 1 aromatic carbocycles. The Labute approximate surface area is 164 Å². The lowest BCUT2D eigenvalue weighted by molar-refractivity contribution is -0.127. The molecular formula is C22H27N3O3. The molecule has 1 saturated heterocycles. The van der Waals surface area contributed by atoms with E-state index in [1.165, 1.54) is 5.56 Å². The number of aromatic amines is 1. The van der Waals surface area contributed by atoms with Crippen LogP contribution >= 0.6 is 0 Å². The zero-order valence-corrected chi connectivity index (χ0v) is 16.4. The third-order valence-corrected chi connectivity index (χ3v) is 6.23. The van der Waals surface area contributed by atoms with E-state index in [-0.39, 0.29) is 23.7 Å². The van der Waals surface area contributed by atoms with Crippen molar-refractivity contribution in [3.63, 3.8) is 0 Å². The molecule has 2 aliphatic rings. The van der Waals surface area contributed by atoms with Gasteiger partial charge in [-0.05, 0) is 44.2 Å². The molecule has 4 unspecified atom stereocenters. The third kappa shape index (κ3) is 3.74. The molecule has 2 aromatic rings. The zero-order valence-electron chi connectivity index (χ0n) is 16.4. The van der Waals surface area contributed by atoms with Crippen LogP contribution in [0.5, 0.6) is 0 Å². The Hall–Kier alpha value is -2.47. The average Bonchev–Trinajstić information content (AvgIpc) is 3.09. The van der Waals surface area contributed by atoms with Gasteiger partial charge in [-0.15, -0.1) is 0 Å². The van der Waals surface area contributed by atoms with Crippen LogP contribution in [0.25, 0.3) is 0 Å². The summed E-state index contributed by atoms with van der Waals surface area (Å²) in [5, 5.41) is 3.27. The lowest BCUT2D eigenvalue weighted by Crippen LogP contribution is -2.62. The highest BCUT2D eigenvalue weighted by molar-refractivity contribution is 5.77. The fraction of sp³-hybridized carbons (Fsp3) is 0.500. The predicted molar refractivity (Wildman–Crippen MR) is 106 cm³/mol. The van der Waals surface area contributed by atoms with Gasteiger partial charge in [-0.3, -0.25) is 4.79 Å². The summed E-state index contributed by atoms with van der Waals surface area (Å²) in [6.45, 7) is 4.46. The smallest absolute Gasteiger partial charge is 0.345 e. The van der Waals surface area contributed by atoms with Gasteiger partial charge in [-0.1, -0.05) is 30.3 Å². The van der Waals surface area contributed by atoms with Gasteiger partial charge in [0, 0.05) is 42.3 Å². The number of benzene rings is 1. The molecule has 2 heterocycles. The van der Waals surface area contributed by atoms with Crippen LogP contribution in [0, 0.1) is 25.7 Å². The lowest BCUT2D eigenvalue weighted by atomic mass is 9.64. The van der Waals surface area contributed by atoms with Crippen molar-refractivity contribution in [2.75, 3.05) is 6.61 Å². The Kier molecular flexibility index (Phi) is 5.31. The van der Waals surface area contributed by atoms with Crippen LogP contribution in [0.1, 0.15) is 35.4 Å². The molecular weight excluding hydrogens is 354 g/mol. The number of ether oxygens (including phenoxy) is 1. The van der Waals surface area contributed by atoms with Crippen LogP contribution < -0.4 is 11.0 Å². The fourth-order valence-electron chi connectivity index (χ4n) is 4.79. The van der Waals surface area contributed by atoms with Crippen molar-refractivity contribution in [3.8, 4) is 0 Å². The van der Waals surface area contributed by atoms with E-state index in [4.69, 9.17) is 4.74 Å². The molecule has 6 nitrogen and oxygen atoms in total. The summed E-state index contributed by atoms with van der Waals surface area (Å²) in [5.41, 5.74) is 3.38. The van der Waals surface area contributed by atoms with Crippen molar-refractivity contribution in [2.24, 2.45) is 11.8 Å². The molecule has 0 radical (unpaired) electrons. The molecule has 28 heavy (non-hydrogen) atoms. The first-order valence-electron chi connectivity index (χ1n) is 10.0. The van der Waals surface area contributed by atoms with Gasteiger partial charge in [0.2, 0.25) is 5.91 Å². The average molecular weight is 381 g/mol. The number of rotatable bonds is 6. The monoisotopic (exact) mass is 381 g/mol. The molecule has 148 valence electrons.